The van der Waals surface area contributed by atoms with Crippen LogP contribution in [-0.2, 0) is 0 Å². The Balaban J connectivity index is 1.77. The monoisotopic (exact) mass is 285 g/mol. The largest absolute Gasteiger partial charge is 0.495 e. The Hall–Kier alpha value is -2.43. The molecule has 3 N–H and O–H groups in total. The SMILES string of the molecule is COc1ccc(NC(=O)c2cccn2C2CCC2)cc1N. The lowest BCUT2D eigenvalue weighted by Gasteiger charge is -2.28. The number of aromatic nitrogens is 1. The van der Waals surface area contributed by atoms with Gasteiger partial charge in [-0.1, -0.05) is 0 Å². The second kappa shape index (κ2) is 5.52. The Bertz CT molecular complexity index is 659. The molecule has 1 fully saturated rings. The van der Waals surface area contributed by atoms with Crippen molar-refractivity contribution in [2.75, 3.05) is 18.2 Å². The van der Waals surface area contributed by atoms with Gasteiger partial charge >= 0.3 is 0 Å². The van der Waals surface area contributed by atoms with E-state index in [0.717, 1.165) is 12.8 Å². The van der Waals surface area contributed by atoms with Gasteiger partial charge in [-0.15, -0.1) is 0 Å². The van der Waals surface area contributed by atoms with Gasteiger partial charge in [0.1, 0.15) is 11.4 Å². The fourth-order valence-corrected chi connectivity index (χ4v) is 2.58. The second-order valence-electron chi connectivity index (χ2n) is 5.30. The van der Waals surface area contributed by atoms with Crippen molar-refractivity contribution in [3.05, 3.63) is 42.2 Å². The van der Waals surface area contributed by atoms with Gasteiger partial charge in [-0.2, -0.15) is 0 Å². The van der Waals surface area contributed by atoms with Gasteiger partial charge in [-0.3, -0.25) is 4.79 Å². The molecule has 5 nitrogen and oxygen atoms in total. The zero-order valence-electron chi connectivity index (χ0n) is 12.0. The summed E-state index contributed by atoms with van der Waals surface area (Å²) < 4.78 is 7.17. The molecular formula is C16H19N3O2. The number of benzene rings is 1. The van der Waals surface area contributed by atoms with Crippen LogP contribution in [0.3, 0.4) is 0 Å². The molecule has 0 radical (unpaired) electrons. The van der Waals surface area contributed by atoms with E-state index in [1.54, 1.807) is 25.3 Å². The standard InChI is InChI=1S/C16H19N3O2/c1-21-15-8-7-11(10-13(15)17)18-16(20)14-6-3-9-19(14)12-4-2-5-12/h3,6-10,12H,2,4-5,17H2,1H3,(H,18,20). The fraction of sp³-hybridized carbons (Fsp3) is 0.312. The lowest BCUT2D eigenvalue weighted by molar-refractivity contribution is 0.101. The van der Waals surface area contributed by atoms with Gasteiger partial charge in [0.25, 0.3) is 5.91 Å². The van der Waals surface area contributed by atoms with Crippen molar-refractivity contribution in [3.63, 3.8) is 0 Å². The van der Waals surface area contributed by atoms with Crippen LogP contribution in [0.25, 0.3) is 0 Å². The molecule has 1 aliphatic rings. The molecule has 0 unspecified atom stereocenters. The topological polar surface area (TPSA) is 69.3 Å². The van der Waals surface area contributed by atoms with Gasteiger partial charge in [0.2, 0.25) is 0 Å². The third kappa shape index (κ3) is 2.59. The molecule has 1 aliphatic carbocycles. The van der Waals surface area contributed by atoms with Crippen molar-refractivity contribution in [2.45, 2.75) is 25.3 Å². The first kappa shape index (κ1) is 13.5. The van der Waals surface area contributed by atoms with E-state index >= 15 is 0 Å². The van der Waals surface area contributed by atoms with Gasteiger partial charge in [0.05, 0.1) is 12.8 Å². The van der Waals surface area contributed by atoms with Crippen LogP contribution in [0.15, 0.2) is 36.5 Å². The number of hydrogen-bond acceptors (Lipinski definition) is 3. The van der Waals surface area contributed by atoms with E-state index in [-0.39, 0.29) is 5.91 Å². The van der Waals surface area contributed by atoms with Crippen LogP contribution in [0.4, 0.5) is 11.4 Å². The molecule has 0 saturated heterocycles. The number of methoxy groups -OCH3 is 1. The summed E-state index contributed by atoms with van der Waals surface area (Å²) >= 11 is 0. The van der Waals surface area contributed by atoms with Crippen LogP contribution in [0.5, 0.6) is 5.75 Å². The molecule has 1 heterocycles. The minimum atomic E-state index is -0.114. The number of ether oxygens (including phenoxy) is 1. The Morgan fingerprint density at radius 2 is 2.19 bits per heavy atom. The summed E-state index contributed by atoms with van der Waals surface area (Å²) in [5, 5.41) is 2.88. The van der Waals surface area contributed by atoms with E-state index in [1.165, 1.54) is 6.42 Å². The Morgan fingerprint density at radius 1 is 1.38 bits per heavy atom. The quantitative estimate of drug-likeness (QED) is 0.848. The summed E-state index contributed by atoms with van der Waals surface area (Å²) in [5.74, 6) is 0.488. The third-order valence-corrected chi connectivity index (χ3v) is 3.97. The fourth-order valence-electron chi connectivity index (χ4n) is 2.58. The number of nitrogens with zero attached hydrogens (tertiary/aromatic N) is 1. The van der Waals surface area contributed by atoms with E-state index < -0.39 is 0 Å². The van der Waals surface area contributed by atoms with Crippen LogP contribution < -0.4 is 15.8 Å². The van der Waals surface area contributed by atoms with E-state index in [2.05, 4.69) is 9.88 Å². The van der Waals surface area contributed by atoms with E-state index in [9.17, 15) is 4.79 Å². The molecule has 1 aromatic carbocycles. The lowest BCUT2D eigenvalue weighted by Crippen LogP contribution is -2.23. The number of amides is 1. The third-order valence-electron chi connectivity index (χ3n) is 3.97. The summed E-state index contributed by atoms with van der Waals surface area (Å²) in [5.41, 5.74) is 7.71. The Morgan fingerprint density at radius 3 is 2.81 bits per heavy atom. The van der Waals surface area contributed by atoms with Crippen LogP contribution >= 0.6 is 0 Å². The zero-order chi connectivity index (χ0) is 14.8. The number of carbonyl (C=O) groups excluding carboxylic acids is 1. The normalized spacial score (nSPS) is 14.5. The molecule has 1 amide bonds. The molecule has 21 heavy (non-hydrogen) atoms. The lowest BCUT2D eigenvalue weighted by atomic mass is 9.93. The van der Waals surface area contributed by atoms with Crippen LogP contribution in [-0.4, -0.2) is 17.6 Å². The minimum Gasteiger partial charge on any atom is -0.495 e. The maximum Gasteiger partial charge on any atom is 0.272 e. The summed E-state index contributed by atoms with van der Waals surface area (Å²) in [4.78, 5) is 12.4. The molecular weight excluding hydrogens is 266 g/mol. The molecule has 1 aromatic heterocycles. The van der Waals surface area contributed by atoms with Crippen molar-refractivity contribution < 1.29 is 9.53 Å². The molecule has 3 rings (SSSR count). The number of rotatable bonds is 4. The maximum atomic E-state index is 12.4. The van der Waals surface area contributed by atoms with Crippen molar-refractivity contribution in [3.8, 4) is 5.75 Å². The van der Waals surface area contributed by atoms with Crippen molar-refractivity contribution in [2.24, 2.45) is 0 Å². The average Bonchev–Trinajstić information content (AvgIpc) is 2.86. The number of hydrogen-bond donors (Lipinski definition) is 2. The van der Waals surface area contributed by atoms with E-state index in [4.69, 9.17) is 10.5 Å². The predicted octanol–water partition coefficient (Wildman–Crippen LogP) is 3.06. The first-order valence-corrected chi connectivity index (χ1v) is 7.11. The predicted molar refractivity (Wildman–Crippen MR) is 82.7 cm³/mol. The molecule has 0 aliphatic heterocycles. The molecule has 0 atom stereocenters. The van der Waals surface area contributed by atoms with Crippen LogP contribution in [0, 0.1) is 0 Å². The van der Waals surface area contributed by atoms with E-state index in [1.807, 2.05) is 18.3 Å². The highest BCUT2D eigenvalue weighted by Crippen LogP contribution is 2.33. The van der Waals surface area contributed by atoms with Crippen molar-refractivity contribution >= 4 is 17.3 Å². The average molecular weight is 285 g/mol. The van der Waals surface area contributed by atoms with Gasteiger partial charge in [0.15, 0.2) is 0 Å². The van der Waals surface area contributed by atoms with Crippen molar-refractivity contribution in [1.82, 2.24) is 4.57 Å². The number of anilines is 2. The number of nitrogens with one attached hydrogen (secondary N) is 1. The Kier molecular flexibility index (Phi) is 3.56. The van der Waals surface area contributed by atoms with Crippen LogP contribution in [0.2, 0.25) is 0 Å². The minimum absolute atomic E-state index is 0.114. The van der Waals surface area contributed by atoms with Gasteiger partial charge < -0.3 is 20.4 Å². The maximum absolute atomic E-state index is 12.4. The molecule has 1 saturated carbocycles. The molecule has 2 aromatic rings. The summed E-state index contributed by atoms with van der Waals surface area (Å²) in [6.07, 6.45) is 5.49. The summed E-state index contributed by atoms with van der Waals surface area (Å²) in [6, 6.07) is 9.45. The van der Waals surface area contributed by atoms with Crippen molar-refractivity contribution in [1.29, 1.82) is 0 Å². The smallest absolute Gasteiger partial charge is 0.272 e. The molecule has 5 heteroatoms. The Labute approximate surface area is 123 Å². The van der Waals surface area contributed by atoms with Gasteiger partial charge in [0, 0.05) is 17.9 Å². The highest BCUT2D eigenvalue weighted by molar-refractivity contribution is 6.03. The highest BCUT2D eigenvalue weighted by atomic mass is 16.5. The first-order valence-electron chi connectivity index (χ1n) is 7.11. The number of carbonyl (C=O) groups is 1. The van der Waals surface area contributed by atoms with Gasteiger partial charge in [-0.25, -0.2) is 0 Å². The van der Waals surface area contributed by atoms with Crippen LogP contribution in [0.1, 0.15) is 35.8 Å². The zero-order valence-corrected chi connectivity index (χ0v) is 12.0. The number of nitrogen functional groups attached to an aromatic ring is 1. The van der Waals surface area contributed by atoms with E-state index in [0.29, 0.717) is 28.9 Å². The highest BCUT2D eigenvalue weighted by Gasteiger charge is 2.23. The molecule has 0 bridgehead atoms. The molecule has 110 valence electrons. The van der Waals surface area contributed by atoms with Gasteiger partial charge in [-0.05, 0) is 49.6 Å². The number of nitrogens with two attached hydrogens (primary N) is 1. The second-order valence-corrected chi connectivity index (χ2v) is 5.30. The summed E-state index contributed by atoms with van der Waals surface area (Å²) in [7, 11) is 1.56. The summed E-state index contributed by atoms with van der Waals surface area (Å²) in [6.45, 7) is 0. The molecule has 0 spiro atoms. The first-order chi connectivity index (χ1) is 10.2.